The van der Waals surface area contributed by atoms with Gasteiger partial charge in [-0.2, -0.15) is 0 Å². The van der Waals surface area contributed by atoms with Crippen LogP contribution in [0.25, 0.3) is 0 Å². The van der Waals surface area contributed by atoms with Gasteiger partial charge in [-0.15, -0.1) is 0 Å². The van der Waals surface area contributed by atoms with Gasteiger partial charge in [-0.3, -0.25) is 0 Å². The van der Waals surface area contributed by atoms with Crippen LogP contribution in [0.3, 0.4) is 0 Å². The zero-order valence-electron chi connectivity index (χ0n) is 10.5. The second-order valence-electron chi connectivity index (χ2n) is 5.10. The molecule has 102 valence electrons. The van der Waals surface area contributed by atoms with Gasteiger partial charge in [0, 0.05) is 13.1 Å². The molecule has 2 fully saturated rings. The van der Waals surface area contributed by atoms with Crippen LogP contribution in [0.15, 0.2) is 0 Å². The first-order valence-electron chi connectivity index (χ1n) is 6.66. The molecule has 6 nitrogen and oxygen atoms in total. The number of carbonyl (C=O) groups excluding carboxylic acids is 1. The molecule has 0 aromatic rings. The highest BCUT2D eigenvalue weighted by Crippen LogP contribution is 2.32. The van der Waals surface area contributed by atoms with E-state index < -0.39 is 12.0 Å². The molecule has 1 aliphatic carbocycles. The number of aliphatic carboxylic acids is 1. The van der Waals surface area contributed by atoms with Gasteiger partial charge < -0.3 is 20.6 Å². The number of carbonyl (C=O) groups is 2. The number of hydrogen-bond donors (Lipinski definition) is 3. The lowest BCUT2D eigenvalue weighted by molar-refractivity contribution is -0.139. The number of urea groups is 1. The highest BCUT2D eigenvalue weighted by atomic mass is 16.4. The summed E-state index contributed by atoms with van der Waals surface area (Å²) in [4.78, 5) is 24.8. The van der Waals surface area contributed by atoms with E-state index in [1.54, 1.807) is 0 Å². The Kier molecular flexibility index (Phi) is 4.41. The molecule has 3 N–H and O–H groups in total. The van der Waals surface area contributed by atoms with Crippen molar-refractivity contribution >= 4 is 12.0 Å². The smallest absolute Gasteiger partial charge is 0.326 e. The van der Waals surface area contributed by atoms with Crippen LogP contribution in [0.1, 0.15) is 25.7 Å². The van der Waals surface area contributed by atoms with Crippen molar-refractivity contribution in [3.05, 3.63) is 0 Å². The Hall–Kier alpha value is -1.30. The molecule has 1 atom stereocenters. The van der Waals surface area contributed by atoms with Gasteiger partial charge in [-0.25, -0.2) is 9.59 Å². The van der Waals surface area contributed by atoms with Gasteiger partial charge in [0.2, 0.25) is 0 Å². The topological polar surface area (TPSA) is 81.7 Å². The van der Waals surface area contributed by atoms with Gasteiger partial charge in [0.25, 0.3) is 0 Å². The Morgan fingerprint density at radius 3 is 2.50 bits per heavy atom. The molecule has 1 saturated heterocycles. The zero-order chi connectivity index (χ0) is 13.0. The van der Waals surface area contributed by atoms with Gasteiger partial charge in [-0.1, -0.05) is 0 Å². The van der Waals surface area contributed by atoms with Crippen molar-refractivity contribution < 1.29 is 14.7 Å². The number of nitrogens with zero attached hydrogens (tertiary/aromatic N) is 1. The molecule has 1 aliphatic heterocycles. The highest BCUT2D eigenvalue weighted by Gasteiger charge is 2.37. The largest absolute Gasteiger partial charge is 0.480 e. The van der Waals surface area contributed by atoms with Crippen molar-refractivity contribution in [2.45, 2.75) is 31.7 Å². The molecule has 1 heterocycles. The average molecular weight is 255 g/mol. The van der Waals surface area contributed by atoms with E-state index in [-0.39, 0.29) is 11.9 Å². The minimum Gasteiger partial charge on any atom is -0.480 e. The molecule has 0 spiro atoms. The molecule has 0 aromatic heterocycles. The maximum atomic E-state index is 11.6. The van der Waals surface area contributed by atoms with E-state index in [4.69, 9.17) is 5.11 Å². The van der Waals surface area contributed by atoms with E-state index >= 15 is 0 Å². The molecule has 0 radical (unpaired) electrons. The lowest BCUT2D eigenvalue weighted by Gasteiger charge is -2.17. The number of amides is 2. The third-order valence-electron chi connectivity index (χ3n) is 3.56. The van der Waals surface area contributed by atoms with Crippen LogP contribution in [0, 0.1) is 5.92 Å². The normalized spacial score (nSPS) is 21.6. The van der Waals surface area contributed by atoms with Crippen LogP contribution in [-0.4, -0.2) is 54.2 Å². The summed E-state index contributed by atoms with van der Waals surface area (Å²) in [6.45, 7) is 3.61. The minimum atomic E-state index is -0.938. The first-order valence-corrected chi connectivity index (χ1v) is 6.66. The minimum absolute atomic E-state index is 0.117. The van der Waals surface area contributed by atoms with Gasteiger partial charge in [0.05, 0.1) is 0 Å². The average Bonchev–Trinajstić information content (AvgIpc) is 3.03. The number of carboxylic acids is 1. The number of rotatable bonds is 6. The first kappa shape index (κ1) is 13.1. The summed E-state index contributed by atoms with van der Waals surface area (Å²) < 4.78 is 0. The van der Waals surface area contributed by atoms with Crippen molar-refractivity contribution in [3.8, 4) is 0 Å². The zero-order valence-corrected chi connectivity index (χ0v) is 10.5. The van der Waals surface area contributed by atoms with E-state index in [0.717, 1.165) is 32.5 Å². The van der Waals surface area contributed by atoms with E-state index in [0.29, 0.717) is 6.54 Å². The van der Waals surface area contributed by atoms with Crippen LogP contribution < -0.4 is 10.6 Å². The fourth-order valence-electron chi connectivity index (χ4n) is 2.34. The fraction of sp³-hybridized carbons (Fsp3) is 0.833. The lowest BCUT2D eigenvalue weighted by atomic mass is 10.2. The highest BCUT2D eigenvalue weighted by molar-refractivity contribution is 5.83. The van der Waals surface area contributed by atoms with Crippen LogP contribution in [0.5, 0.6) is 0 Å². The van der Waals surface area contributed by atoms with Crippen LogP contribution in [0.2, 0.25) is 0 Å². The van der Waals surface area contributed by atoms with E-state index in [1.165, 1.54) is 12.8 Å². The standard InChI is InChI=1S/C12H21N3O3/c16-11(17)10(9-3-4-9)14-12(18)13-5-8-15-6-1-2-7-15/h9-10H,1-8H2,(H,16,17)(H2,13,14,18). The molecule has 1 saturated carbocycles. The second kappa shape index (κ2) is 6.04. The molecular formula is C12H21N3O3. The van der Waals surface area contributed by atoms with Crippen molar-refractivity contribution in [2.24, 2.45) is 5.92 Å². The predicted molar refractivity (Wildman–Crippen MR) is 66.4 cm³/mol. The third kappa shape index (κ3) is 3.87. The summed E-state index contributed by atoms with van der Waals surface area (Å²) in [5.41, 5.74) is 0. The Morgan fingerprint density at radius 2 is 1.94 bits per heavy atom. The van der Waals surface area contributed by atoms with Gasteiger partial charge >= 0.3 is 12.0 Å². The maximum absolute atomic E-state index is 11.6. The Labute approximate surface area is 107 Å². The lowest BCUT2D eigenvalue weighted by Crippen LogP contribution is -2.48. The predicted octanol–water partition coefficient (Wildman–Crippen LogP) is 0.245. The fourth-order valence-corrected chi connectivity index (χ4v) is 2.34. The molecule has 2 rings (SSSR count). The summed E-state index contributed by atoms with van der Waals surface area (Å²) in [6.07, 6.45) is 4.25. The molecular weight excluding hydrogens is 234 g/mol. The van der Waals surface area contributed by atoms with Gasteiger partial charge in [0.1, 0.15) is 6.04 Å². The third-order valence-corrected chi connectivity index (χ3v) is 3.56. The summed E-state index contributed by atoms with van der Waals surface area (Å²) in [6, 6.07) is -1.09. The van der Waals surface area contributed by atoms with Crippen molar-refractivity contribution in [1.82, 2.24) is 15.5 Å². The molecule has 2 amide bonds. The molecule has 6 heteroatoms. The molecule has 18 heavy (non-hydrogen) atoms. The molecule has 1 unspecified atom stereocenters. The summed E-state index contributed by atoms with van der Waals surface area (Å²) in [5.74, 6) is -0.820. The van der Waals surface area contributed by atoms with E-state index in [9.17, 15) is 9.59 Å². The number of hydrogen-bond acceptors (Lipinski definition) is 3. The summed E-state index contributed by atoms with van der Waals surface area (Å²) in [7, 11) is 0. The van der Waals surface area contributed by atoms with Crippen LogP contribution in [-0.2, 0) is 4.79 Å². The Bertz CT molecular complexity index is 312. The Balaban J connectivity index is 1.62. The number of nitrogens with one attached hydrogen (secondary N) is 2. The SMILES string of the molecule is O=C(NCCN1CCCC1)NC(C(=O)O)C1CC1. The van der Waals surface area contributed by atoms with Crippen LogP contribution in [0.4, 0.5) is 4.79 Å². The molecule has 0 aromatic carbocycles. The number of likely N-dealkylation sites (tertiary alicyclic amines) is 1. The monoisotopic (exact) mass is 255 g/mol. The van der Waals surface area contributed by atoms with Crippen molar-refractivity contribution in [2.75, 3.05) is 26.2 Å². The van der Waals surface area contributed by atoms with Gasteiger partial charge in [0.15, 0.2) is 0 Å². The Morgan fingerprint density at radius 1 is 1.28 bits per heavy atom. The quantitative estimate of drug-likeness (QED) is 0.635. The van der Waals surface area contributed by atoms with Crippen LogP contribution >= 0.6 is 0 Å². The number of carboxylic acid groups (broad SMARTS) is 1. The molecule has 0 bridgehead atoms. The summed E-state index contributed by atoms with van der Waals surface area (Å²) >= 11 is 0. The molecule has 2 aliphatic rings. The summed E-state index contributed by atoms with van der Waals surface area (Å²) in [5, 5.41) is 14.2. The second-order valence-corrected chi connectivity index (χ2v) is 5.10. The maximum Gasteiger partial charge on any atom is 0.326 e. The van der Waals surface area contributed by atoms with Crippen molar-refractivity contribution in [3.63, 3.8) is 0 Å². The van der Waals surface area contributed by atoms with E-state index in [2.05, 4.69) is 15.5 Å². The van der Waals surface area contributed by atoms with Gasteiger partial charge in [-0.05, 0) is 44.7 Å². The van der Waals surface area contributed by atoms with Crippen molar-refractivity contribution in [1.29, 1.82) is 0 Å². The van der Waals surface area contributed by atoms with E-state index in [1.807, 2.05) is 0 Å². The first-order chi connectivity index (χ1) is 8.66.